The smallest absolute Gasteiger partial charge is 0.466 e. The first-order chi connectivity index (χ1) is 8.77. The molecular weight excluding hydrogens is 271 g/mol. The van der Waals surface area contributed by atoms with Crippen LogP contribution in [0.1, 0.15) is 71.1 Å². The second kappa shape index (κ2) is 14.0. The van der Waals surface area contributed by atoms with Gasteiger partial charge in [0, 0.05) is 6.42 Å². The highest BCUT2D eigenvalue weighted by Gasteiger charge is 2.00. The van der Waals surface area contributed by atoms with Gasteiger partial charge in [-0.1, -0.05) is 58.3 Å². The van der Waals surface area contributed by atoms with Crippen LogP contribution >= 0.6 is 7.82 Å². The first-order valence-electron chi connectivity index (χ1n) is 6.77. The van der Waals surface area contributed by atoms with Crippen molar-refractivity contribution in [3.63, 3.8) is 0 Å². The van der Waals surface area contributed by atoms with Crippen LogP contribution in [0.15, 0.2) is 0 Å². The molecular formula is C12H27O6P. The summed E-state index contributed by atoms with van der Waals surface area (Å²) < 4.78 is 8.88. The minimum absolute atomic E-state index is 0.343. The molecule has 6 nitrogen and oxygen atoms in total. The molecule has 0 atom stereocenters. The van der Waals surface area contributed by atoms with Crippen molar-refractivity contribution >= 4 is 13.8 Å². The maximum absolute atomic E-state index is 10.2. The van der Waals surface area contributed by atoms with Crippen LogP contribution in [0.4, 0.5) is 0 Å². The van der Waals surface area contributed by atoms with E-state index in [1.807, 2.05) is 0 Å². The highest BCUT2D eigenvalue weighted by molar-refractivity contribution is 7.45. The molecule has 0 fully saturated rings. The summed E-state index contributed by atoms with van der Waals surface area (Å²) >= 11 is 0. The average molecular weight is 298 g/mol. The molecule has 0 spiro atoms. The molecule has 0 saturated heterocycles. The van der Waals surface area contributed by atoms with E-state index in [2.05, 4.69) is 6.92 Å². The van der Waals surface area contributed by atoms with E-state index in [-0.39, 0.29) is 0 Å². The minimum Gasteiger partial charge on any atom is -0.481 e. The summed E-state index contributed by atoms with van der Waals surface area (Å²) in [6.07, 6.45) is 11.5. The molecule has 0 aliphatic heterocycles. The first-order valence-corrected chi connectivity index (χ1v) is 8.34. The van der Waals surface area contributed by atoms with Crippen molar-refractivity contribution in [3.05, 3.63) is 0 Å². The van der Waals surface area contributed by atoms with Crippen LogP contribution in [0.3, 0.4) is 0 Å². The molecule has 0 aromatic heterocycles. The molecule has 4 N–H and O–H groups in total. The quantitative estimate of drug-likeness (QED) is 0.364. The Morgan fingerprint density at radius 2 is 1.16 bits per heavy atom. The fraction of sp³-hybridized carbons (Fsp3) is 0.917. The van der Waals surface area contributed by atoms with Gasteiger partial charge in [0.05, 0.1) is 0 Å². The SMILES string of the molecule is CCCCCCCCCCCC(=O)O.O=P(O)(O)O. The fourth-order valence-electron chi connectivity index (χ4n) is 1.59. The van der Waals surface area contributed by atoms with Crippen LogP contribution in [0.25, 0.3) is 0 Å². The van der Waals surface area contributed by atoms with Gasteiger partial charge < -0.3 is 19.8 Å². The Hall–Kier alpha value is -0.420. The van der Waals surface area contributed by atoms with E-state index in [0.29, 0.717) is 6.42 Å². The normalized spacial score (nSPS) is 10.7. The van der Waals surface area contributed by atoms with E-state index in [0.717, 1.165) is 12.8 Å². The number of unbranched alkanes of at least 4 members (excludes halogenated alkanes) is 8. The molecule has 0 aromatic rings. The molecule has 116 valence electrons. The lowest BCUT2D eigenvalue weighted by Crippen LogP contribution is -1.93. The highest BCUT2D eigenvalue weighted by atomic mass is 31.2. The van der Waals surface area contributed by atoms with Crippen molar-refractivity contribution in [1.82, 2.24) is 0 Å². The Morgan fingerprint density at radius 1 is 0.842 bits per heavy atom. The van der Waals surface area contributed by atoms with Crippen LogP contribution in [0, 0.1) is 0 Å². The summed E-state index contributed by atoms with van der Waals surface area (Å²) in [5, 5.41) is 8.41. The van der Waals surface area contributed by atoms with Crippen LogP contribution < -0.4 is 0 Å². The predicted octanol–water partition coefficient (Wildman–Crippen LogP) is 3.06. The fourth-order valence-corrected chi connectivity index (χ4v) is 1.59. The summed E-state index contributed by atoms with van der Waals surface area (Å²) in [4.78, 5) is 31.8. The largest absolute Gasteiger partial charge is 0.481 e. The highest BCUT2D eigenvalue weighted by Crippen LogP contribution is 2.25. The third-order valence-corrected chi connectivity index (χ3v) is 2.49. The van der Waals surface area contributed by atoms with Gasteiger partial charge in [-0.25, -0.2) is 4.57 Å². The zero-order valence-electron chi connectivity index (χ0n) is 11.6. The molecule has 0 aromatic carbocycles. The number of aliphatic carboxylic acids is 1. The van der Waals surface area contributed by atoms with E-state index < -0.39 is 13.8 Å². The van der Waals surface area contributed by atoms with E-state index in [1.54, 1.807) is 0 Å². The summed E-state index contributed by atoms with van der Waals surface area (Å²) in [7, 11) is -4.64. The number of hydrogen-bond donors (Lipinski definition) is 4. The topological polar surface area (TPSA) is 115 Å². The monoisotopic (exact) mass is 298 g/mol. The number of rotatable bonds is 10. The zero-order valence-corrected chi connectivity index (χ0v) is 12.5. The lowest BCUT2D eigenvalue weighted by Gasteiger charge is -2.00. The van der Waals surface area contributed by atoms with Gasteiger partial charge in [0.1, 0.15) is 0 Å². The molecule has 0 bridgehead atoms. The molecule has 0 aliphatic carbocycles. The average Bonchev–Trinajstić information content (AvgIpc) is 2.24. The Bertz CT molecular complexity index is 242. The van der Waals surface area contributed by atoms with Gasteiger partial charge in [-0.15, -0.1) is 0 Å². The standard InChI is InChI=1S/C12H24O2.H3O4P/c1-2-3-4-5-6-7-8-9-10-11-12(13)14;1-5(2,3)4/h2-11H2,1H3,(H,13,14);(H3,1,2,3,4). The third kappa shape index (κ3) is 38.1. The van der Waals surface area contributed by atoms with E-state index in [1.165, 1.54) is 44.9 Å². The van der Waals surface area contributed by atoms with E-state index >= 15 is 0 Å². The molecule has 19 heavy (non-hydrogen) atoms. The lowest BCUT2D eigenvalue weighted by atomic mass is 10.1. The van der Waals surface area contributed by atoms with Crippen molar-refractivity contribution in [2.75, 3.05) is 0 Å². The first kappa shape index (κ1) is 20.9. The Labute approximate surface area is 115 Å². The Balaban J connectivity index is 0. The van der Waals surface area contributed by atoms with Crippen molar-refractivity contribution in [2.24, 2.45) is 0 Å². The van der Waals surface area contributed by atoms with Crippen LogP contribution in [-0.2, 0) is 9.36 Å². The van der Waals surface area contributed by atoms with Crippen molar-refractivity contribution < 1.29 is 29.1 Å². The molecule has 0 amide bonds. The molecule has 0 unspecified atom stereocenters. The maximum Gasteiger partial charge on any atom is 0.466 e. The van der Waals surface area contributed by atoms with Gasteiger partial charge >= 0.3 is 13.8 Å². The molecule has 0 radical (unpaired) electrons. The molecule has 7 heteroatoms. The van der Waals surface area contributed by atoms with Gasteiger partial charge in [-0.2, -0.15) is 0 Å². The van der Waals surface area contributed by atoms with Crippen LogP contribution in [0.5, 0.6) is 0 Å². The number of phosphoric acid groups is 1. The van der Waals surface area contributed by atoms with Gasteiger partial charge in [0.15, 0.2) is 0 Å². The van der Waals surface area contributed by atoms with Gasteiger partial charge in [0.2, 0.25) is 0 Å². The number of hydrogen-bond acceptors (Lipinski definition) is 2. The summed E-state index contributed by atoms with van der Waals surface area (Å²) in [6, 6.07) is 0. The van der Waals surface area contributed by atoms with Crippen molar-refractivity contribution in [2.45, 2.75) is 71.1 Å². The Morgan fingerprint density at radius 3 is 1.47 bits per heavy atom. The van der Waals surface area contributed by atoms with Crippen LogP contribution in [-0.4, -0.2) is 25.8 Å². The van der Waals surface area contributed by atoms with Crippen molar-refractivity contribution in [3.8, 4) is 0 Å². The second-order valence-corrected chi connectivity index (χ2v) is 5.51. The summed E-state index contributed by atoms with van der Waals surface area (Å²) in [5.74, 6) is -0.659. The van der Waals surface area contributed by atoms with Crippen LogP contribution in [0.2, 0.25) is 0 Å². The van der Waals surface area contributed by atoms with Crippen molar-refractivity contribution in [1.29, 1.82) is 0 Å². The van der Waals surface area contributed by atoms with Gasteiger partial charge in [-0.05, 0) is 6.42 Å². The minimum atomic E-state index is -4.64. The number of carbonyl (C=O) groups is 1. The van der Waals surface area contributed by atoms with Gasteiger partial charge in [0.25, 0.3) is 0 Å². The molecule has 0 aliphatic rings. The summed E-state index contributed by atoms with van der Waals surface area (Å²) in [6.45, 7) is 2.23. The zero-order chi connectivity index (χ0) is 15.1. The molecule has 0 rings (SSSR count). The number of carboxylic acid groups (broad SMARTS) is 1. The third-order valence-electron chi connectivity index (χ3n) is 2.49. The molecule has 0 heterocycles. The molecule has 0 saturated carbocycles. The van der Waals surface area contributed by atoms with Gasteiger partial charge in [-0.3, -0.25) is 4.79 Å². The summed E-state index contributed by atoms with van der Waals surface area (Å²) in [5.41, 5.74) is 0. The van der Waals surface area contributed by atoms with E-state index in [4.69, 9.17) is 24.4 Å². The Kier molecular flexibility index (Phi) is 15.4. The van der Waals surface area contributed by atoms with E-state index in [9.17, 15) is 4.79 Å². The number of carboxylic acids is 1. The lowest BCUT2D eigenvalue weighted by molar-refractivity contribution is -0.137. The maximum atomic E-state index is 10.2. The second-order valence-electron chi connectivity index (χ2n) is 4.49. The predicted molar refractivity (Wildman–Crippen MR) is 73.7 cm³/mol.